The van der Waals surface area contributed by atoms with Crippen LogP contribution in [-0.4, -0.2) is 25.2 Å². The Kier molecular flexibility index (Phi) is 4.56. The van der Waals surface area contributed by atoms with E-state index in [-0.39, 0.29) is 12.6 Å². The van der Waals surface area contributed by atoms with Gasteiger partial charge in [-0.1, -0.05) is 0 Å². The molecule has 1 aromatic heterocycles. The summed E-state index contributed by atoms with van der Waals surface area (Å²) < 4.78 is 40.4. The summed E-state index contributed by atoms with van der Waals surface area (Å²) in [5.74, 6) is 0.0346. The highest BCUT2D eigenvalue weighted by molar-refractivity contribution is 5.78. The van der Waals surface area contributed by atoms with Gasteiger partial charge < -0.3 is 15.1 Å². The first-order chi connectivity index (χ1) is 7.88. The van der Waals surface area contributed by atoms with E-state index in [1.807, 2.05) is 5.32 Å². The Balaban J connectivity index is 2.26. The molecule has 17 heavy (non-hydrogen) atoms. The van der Waals surface area contributed by atoms with Crippen LogP contribution in [0.2, 0.25) is 0 Å². The molecule has 0 fully saturated rings. The summed E-state index contributed by atoms with van der Waals surface area (Å²) in [7, 11) is 0. The summed E-state index contributed by atoms with van der Waals surface area (Å²) in [6.45, 7) is 0.112. The Bertz CT molecular complexity index is 349. The van der Waals surface area contributed by atoms with Gasteiger partial charge in [-0.05, 0) is 19.1 Å². The zero-order valence-corrected chi connectivity index (χ0v) is 9.17. The fourth-order valence-corrected chi connectivity index (χ4v) is 1.22. The molecular weight excluding hydrogens is 237 g/mol. The smallest absolute Gasteiger partial charge is 0.401 e. The number of nitrogens with one attached hydrogen (secondary N) is 2. The van der Waals surface area contributed by atoms with Gasteiger partial charge in [-0.3, -0.25) is 4.79 Å². The normalized spacial score (nSPS) is 13.4. The number of hydrogen-bond donors (Lipinski definition) is 2. The molecule has 0 aliphatic heterocycles. The lowest BCUT2D eigenvalue weighted by Crippen LogP contribution is -2.39. The van der Waals surface area contributed by atoms with Crippen molar-refractivity contribution in [3.8, 4) is 0 Å². The van der Waals surface area contributed by atoms with Gasteiger partial charge in [0.2, 0.25) is 5.91 Å². The van der Waals surface area contributed by atoms with E-state index in [0.29, 0.717) is 5.76 Å². The van der Waals surface area contributed by atoms with Crippen LogP contribution in [0.3, 0.4) is 0 Å². The summed E-state index contributed by atoms with van der Waals surface area (Å²) >= 11 is 0. The summed E-state index contributed by atoms with van der Waals surface area (Å²) in [5, 5.41) is 4.51. The maximum absolute atomic E-state index is 11.8. The van der Waals surface area contributed by atoms with E-state index in [2.05, 4.69) is 5.32 Å². The van der Waals surface area contributed by atoms with Gasteiger partial charge in [-0.2, -0.15) is 13.2 Å². The summed E-state index contributed by atoms with van der Waals surface area (Å²) in [6.07, 6.45) is -2.85. The number of carbonyl (C=O) groups is 1. The van der Waals surface area contributed by atoms with Crippen molar-refractivity contribution in [3.05, 3.63) is 24.2 Å². The molecule has 1 atom stereocenters. The Morgan fingerprint density at radius 1 is 1.53 bits per heavy atom. The first-order valence-electron chi connectivity index (χ1n) is 4.99. The molecule has 0 spiro atoms. The molecule has 0 saturated carbocycles. The molecule has 1 aromatic rings. The lowest BCUT2D eigenvalue weighted by atomic mass is 10.2. The minimum absolute atomic E-state index is 0.370. The molecule has 1 rings (SSSR count). The molecule has 96 valence electrons. The van der Waals surface area contributed by atoms with E-state index in [0.717, 1.165) is 0 Å². The van der Waals surface area contributed by atoms with Crippen LogP contribution in [0.15, 0.2) is 22.8 Å². The fraction of sp³-hybridized carbons (Fsp3) is 0.500. The van der Waals surface area contributed by atoms with Crippen LogP contribution in [0.5, 0.6) is 0 Å². The van der Waals surface area contributed by atoms with Gasteiger partial charge >= 0.3 is 6.18 Å². The summed E-state index contributed by atoms with van der Waals surface area (Å²) in [6, 6.07) is 2.97. The second-order valence-electron chi connectivity index (χ2n) is 3.52. The molecule has 4 nitrogen and oxygen atoms in total. The predicted molar refractivity (Wildman–Crippen MR) is 54.2 cm³/mol. The molecule has 0 bridgehead atoms. The van der Waals surface area contributed by atoms with E-state index in [1.54, 1.807) is 19.1 Å². The molecule has 0 saturated heterocycles. The Labute approximate surface area is 96.2 Å². The average molecular weight is 250 g/mol. The van der Waals surface area contributed by atoms with Crippen molar-refractivity contribution in [3.63, 3.8) is 0 Å². The zero-order valence-electron chi connectivity index (χ0n) is 9.17. The van der Waals surface area contributed by atoms with Crippen LogP contribution in [-0.2, 0) is 4.79 Å². The van der Waals surface area contributed by atoms with Crippen molar-refractivity contribution in [1.29, 1.82) is 0 Å². The molecule has 0 unspecified atom stereocenters. The molecule has 0 aliphatic rings. The minimum Gasteiger partial charge on any atom is -0.467 e. The van der Waals surface area contributed by atoms with Gasteiger partial charge in [0.05, 0.1) is 25.4 Å². The van der Waals surface area contributed by atoms with Crippen LogP contribution in [0.1, 0.15) is 18.7 Å². The second kappa shape index (κ2) is 5.72. The van der Waals surface area contributed by atoms with Crippen LogP contribution in [0.25, 0.3) is 0 Å². The Morgan fingerprint density at radius 3 is 2.76 bits per heavy atom. The van der Waals surface area contributed by atoms with Gasteiger partial charge in [0.1, 0.15) is 5.76 Å². The van der Waals surface area contributed by atoms with Gasteiger partial charge in [0.15, 0.2) is 0 Å². The van der Waals surface area contributed by atoms with E-state index < -0.39 is 18.6 Å². The predicted octanol–water partition coefficient (Wildman–Crippen LogP) is 1.61. The minimum atomic E-state index is -4.31. The third-order valence-corrected chi connectivity index (χ3v) is 1.96. The third-order valence-electron chi connectivity index (χ3n) is 1.96. The van der Waals surface area contributed by atoms with Gasteiger partial charge in [-0.15, -0.1) is 0 Å². The largest absolute Gasteiger partial charge is 0.467 e. The topological polar surface area (TPSA) is 54.3 Å². The number of carbonyl (C=O) groups excluding carboxylic acids is 1. The molecular formula is C10H13F3N2O2. The van der Waals surface area contributed by atoms with E-state index in [1.165, 1.54) is 6.26 Å². The average Bonchev–Trinajstić information content (AvgIpc) is 2.67. The standard InChI is InChI=1S/C10H13F3N2O2/c1-7(8-3-2-4-17-8)15-9(16)5-14-6-10(11,12)13/h2-4,7,14H,5-6H2,1H3,(H,15,16)/t7-/m0/s1. The van der Waals surface area contributed by atoms with Crippen molar-refractivity contribution >= 4 is 5.91 Å². The van der Waals surface area contributed by atoms with Crippen molar-refractivity contribution < 1.29 is 22.4 Å². The van der Waals surface area contributed by atoms with Crippen LogP contribution in [0.4, 0.5) is 13.2 Å². The lowest BCUT2D eigenvalue weighted by molar-refractivity contribution is -0.128. The highest BCUT2D eigenvalue weighted by atomic mass is 19.4. The molecule has 0 radical (unpaired) electrons. The van der Waals surface area contributed by atoms with E-state index in [4.69, 9.17) is 4.42 Å². The number of alkyl halides is 3. The fourth-order valence-electron chi connectivity index (χ4n) is 1.22. The van der Waals surface area contributed by atoms with Crippen molar-refractivity contribution in [2.75, 3.05) is 13.1 Å². The number of halogens is 3. The highest BCUT2D eigenvalue weighted by Gasteiger charge is 2.26. The monoisotopic (exact) mass is 250 g/mol. The van der Waals surface area contributed by atoms with Gasteiger partial charge in [0, 0.05) is 0 Å². The number of amides is 1. The molecule has 1 heterocycles. The van der Waals surface area contributed by atoms with E-state index in [9.17, 15) is 18.0 Å². The first kappa shape index (κ1) is 13.6. The van der Waals surface area contributed by atoms with Gasteiger partial charge in [0.25, 0.3) is 0 Å². The zero-order chi connectivity index (χ0) is 12.9. The number of rotatable bonds is 5. The van der Waals surface area contributed by atoms with Crippen LogP contribution >= 0.6 is 0 Å². The van der Waals surface area contributed by atoms with Crippen LogP contribution in [0, 0.1) is 0 Å². The first-order valence-corrected chi connectivity index (χ1v) is 4.99. The summed E-state index contributed by atoms with van der Waals surface area (Å²) in [5.41, 5.74) is 0. The maximum Gasteiger partial charge on any atom is 0.401 e. The number of furan rings is 1. The quantitative estimate of drug-likeness (QED) is 0.834. The highest BCUT2D eigenvalue weighted by Crippen LogP contribution is 2.13. The Hall–Kier alpha value is -1.50. The molecule has 1 amide bonds. The maximum atomic E-state index is 11.8. The molecule has 0 aliphatic carbocycles. The molecule has 7 heteroatoms. The summed E-state index contributed by atoms with van der Waals surface area (Å²) in [4.78, 5) is 11.3. The van der Waals surface area contributed by atoms with Crippen molar-refractivity contribution in [2.45, 2.75) is 19.1 Å². The second-order valence-corrected chi connectivity index (χ2v) is 3.52. The van der Waals surface area contributed by atoms with Crippen molar-refractivity contribution in [1.82, 2.24) is 10.6 Å². The van der Waals surface area contributed by atoms with Gasteiger partial charge in [-0.25, -0.2) is 0 Å². The van der Waals surface area contributed by atoms with Crippen molar-refractivity contribution in [2.24, 2.45) is 0 Å². The molecule has 2 N–H and O–H groups in total. The SMILES string of the molecule is C[C@H](NC(=O)CNCC(F)(F)F)c1ccco1. The molecule has 0 aromatic carbocycles. The van der Waals surface area contributed by atoms with Crippen LogP contribution < -0.4 is 10.6 Å². The lowest BCUT2D eigenvalue weighted by Gasteiger charge is -2.12. The van der Waals surface area contributed by atoms with E-state index >= 15 is 0 Å². The third kappa shape index (κ3) is 5.39. The Morgan fingerprint density at radius 2 is 2.24 bits per heavy atom. The number of hydrogen-bond acceptors (Lipinski definition) is 3.